The van der Waals surface area contributed by atoms with Gasteiger partial charge in [-0.2, -0.15) is 0 Å². The van der Waals surface area contributed by atoms with E-state index >= 15 is 0 Å². The molecule has 0 N–H and O–H groups in total. The van der Waals surface area contributed by atoms with Crippen molar-refractivity contribution in [1.29, 1.82) is 0 Å². The Kier molecular flexibility index (Phi) is 9.93. The first kappa shape index (κ1) is 49.6. The van der Waals surface area contributed by atoms with Gasteiger partial charge >= 0.3 is 7.12 Å². The van der Waals surface area contributed by atoms with Crippen LogP contribution in [0.3, 0.4) is 0 Å². The van der Waals surface area contributed by atoms with E-state index in [2.05, 4.69) is 180 Å². The molecule has 3 heteroatoms. The van der Waals surface area contributed by atoms with Crippen LogP contribution in [-0.4, -0.2) is 18.3 Å². The molecule has 17 aliphatic carbocycles. The van der Waals surface area contributed by atoms with Crippen LogP contribution in [0.25, 0.3) is 33.4 Å². The summed E-state index contributed by atoms with van der Waals surface area (Å²) in [7, 11) is -0.281. The molecule has 6 aromatic rings. The third kappa shape index (κ3) is 6.69. The third-order valence-corrected chi connectivity index (χ3v) is 29.7. The zero-order valence-corrected chi connectivity index (χ0v) is 49.9. The molecule has 82 heavy (non-hydrogen) atoms. The van der Waals surface area contributed by atoms with E-state index in [1.54, 1.807) is 27.8 Å². The van der Waals surface area contributed by atoms with Crippen LogP contribution in [0.4, 0.5) is 0 Å². The van der Waals surface area contributed by atoms with Gasteiger partial charge in [0.15, 0.2) is 0 Å². The smallest absolute Gasteiger partial charge is 0.399 e. The van der Waals surface area contributed by atoms with Gasteiger partial charge < -0.3 is 9.31 Å². The van der Waals surface area contributed by atoms with Crippen molar-refractivity contribution in [1.82, 2.24) is 0 Å². The molecule has 1 aliphatic heterocycles. The monoisotopic (exact) mass is 1080 g/mol. The number of fused-ring (bicyclic) bond motifs is 3. The van der Waals surface area contributed by atoms with Crippen molar-refractivity contribution in [3.05, 3.63) is 173 Å². The predicted octanol–water partition coefficient (Wildman–Crippen LogP) is 18.2. The van der Waals surface area contributed by atoms with Crippen LogP contribution in [0, 0.1) is 76.4 Å². The highest BCUT2D eigenvalue weighted by Crippen LogP contribution is 2.79. The molecule has 17 saturated carbocycles. The van der Waals surface area contributed by atoms with Crippen LogP contribution in [0.2, 0.25) is 0 Å². The minimum atomic E-state index is -0.310. The summed E-state index contributed by atoms with van der Waals surface area (Å²) >= 11 is 0. The summed E-state index contributed by atoms with van der Waals surface area (Å²) in [5, 5.41) is 0. The Morgan fingerprint density at radius 2 is 0.451 bits per heavy atom. The highest BCUT2D eigenvalue weighted by atomic mass is 16.7. The van der Waals surface area contributed by atoms with E-state index in [1.807, 2.05) is 0 Å². The maximum atomic E-state index is 6.46. The van der Waals surface area contributed by atoms with Crippen LogP contribution in [0.15, 0.2) is 146 Å². The number of hydrogen-bond donors (Lipinski definition) is 0. The van der Waals surface area contributed by atoms with E-state index in [-0.39, 0.29) is 18.3 Å². The average molecular weight is 1080 g/mol. The Labute approximate surface area is 490 Å². The van der Waals surface area contributed by atoms with Gasteiger partial charge in [0.25, 0.3) is 0 Å². The van der Waals surface area contributed by atoms with Crippen LogP contribution in [0.1, 0.15) is 178 Å². The number of rotatable bonds is 9. The third-order valence-electron chi connectivity index (χ3n) is 29.7. The van der Waals surface area contributed by atoms with Crippen LogP contribution in [0.5, 0.6) is 0 Å². The molecule has 18 bridgehead atoms. The van der Waals surface area contributed by atoms with Gasteiger partial charge in [-0.05, 0) is 313 Å². The summed E-state index contributed by atoms with van der Waals surface area (Å²) < 4.78 is 12.9. The quantitative estimate of drug-likeness (QED) is 0.134. The zero-order chi connectivity index (χ0) is 54.5. The van der Waals surface area contributed by atoms with Crippen molar-refractivity contribution in [2.24, 2.45) is 76.4 Å². The second kappa shape index (κ2) is 16.4. The van der Waals surface area contributed by atoms with Gasteiger partial charge in [-0.3, -0.25) is 0 Å². The molecule has 6 aromatic carbocycles. The molecule has 0 radical (unpaired) electrons. The van der Waals surface area contributed by atoms with E-state index in [9.17, 15) is 0 Å². The zero-order valence-electron chi connectivity index (χ0n) is 49.9. The van der Waals surface area contributed by atoms with Crippen LogP contribution < -0.4 is 5.46 Å². The molecule has 24 rings (SSSR count). The molecule has 0 unspecified atom stereocenters. The fraction of sp³-hybridized carbons (Fsp3) is 0.544. The van der Waals surface area contributed by atoms with Crippen molar-refractivity contribution in [3.8, 4) is 33.4 Å². The van der Waals surface area contributed by atoms with E-state index in [0.717, 1.165) is 71.0 Å². The van der Waals surface area contributed by atoms with Crippen molar-refractivity contribution < 1.29 is 9.31 Å². The lowest BCUT2D eigenvalue weighted by atomic mass is 9.29. The second-order valence-electron chi connectivity index (χ2n) is 33.2. The van der Waals surface area contributed by atoms with Crippen molar-refractivity contribution in [2.75, 3.05) is 0 Å². The van der Waals surface area contributed by atoms with Gasteiger partial charge in [0, 0.05) is 0 Å². The molecule has 418 valence electrons. The molecule has 1 heterocycles. The molecular weight excluding hydrogens is 992 g/mol. The number of hydrogen-bond acceptors (Lipinski definition) is 2. The summed E-state index contributed by atoms with van der Waals surface area (Å²) in [6.45, 7) is 11.2. The molecule has 18 aliphatic rings. The molecule has 18 fully saturated rings. The van der Waals surface area contributed by atoms with Crippen molar-refractivity contribution in [3.63, 3.8) is 0 Å². The van der Waals surface area contributed by atoms with Gasteiger partial charge in [-0.25, -0.2) is 0 Å². The van der Waals surface area contributed by atoms with Gasteiger partial charge in [0.05, 0.1) is 11.2 Å². The highest BCUT2D eigenvalue weighted by Gasteiger charge is 2.72. The lowest BCUT2D eigenvalue weighted by Gasteiger charge is -2.75. The van der Waals surface area contributed by atoms with Crippen molar-refractivity contribution in [2.45, 2.75) is 188 Å². The minimum absolute atomic E-state index is 0.281. The second-order valence-corrected chi connectivity index (χ2v) is 33.2. The molecule has 0 spiro atoms. The Morgan fingerprint density at radius 1 is 0.256 bits per heavy atom. The fourth-order valence-corrected chi connectivity index (χ4v) is 25.0. The summed E-state index contributed by atoms with van der Waals surface area (Å²) in [5.41, 5.74) is 19.6. The molecule has 1 saturated heterocycles. The maximum Gasteiger partial charge on any atom is 0.494 e. The standard InChI is InChI=1S/C79H87BO2/c1-72(2)73(3,4)82-80(81-72)59-28-26-58(27-29-59)79-45-69-66-42-78(43-67(69)71(47-79)68(44-78)70(66)46-79)57-24-16-53(17-25-57)52-14-22-56(23-15-52)77-39-63-60-36-76(37-61(63)65(41-77)62(38-76)64(60)40-77)55-20-12-51(13-21-55)49-8-6-48(7-9-49)50-10-18-54(19-11-50)75-33-30-74(5,31-34-75)32-35-75/h6-29,60-71H,30-47H2,1-5H3. The molecule has 0 amide bonds. The molecular formula is C79H87BO2. The largest absolute Gasteiger partial charge is 0.494 e. The predicted molar refractivity (Wildman–Crippen MR) is 333 cm³/mol. The van der Waals surface area contributed by atoms with Crippen molar-refractivity contribution >= 4 is 12.6 Å². The first-order valence-corrected chi connectivity index (χ1v) is 33.6. The van der Waals surface area contributed by atoms with E-state index in [4.69, 9.17) is 9.31 Å². The molecule has 2 nitrogen and oxygen atoms in total. The maximum absolute atomic E-state index is 6.46. The molecule has 0 aromatic heterocycles. The van der Waals surface area contributed by atoms with E-state index < -0.39 is 0 Å². The van der Waals surface area contributed by atoms with Gasteiger partial charge in [0.2, 0.25) is 0 Å². The first-order chi connectivity index (χ1) is 39.6. The topological polar surface area (TPSA) is 18.5 Å². The lowest BCUT2D eigenvalue weighted by Crippen LogP contribution is -2.69. The normalized spacial score (nSPS) is 43.6. The summed E-state index contributed by atoms with van der Waals surface area (Å²) in [6.07, 6.45) is 25.5. The summed E-state index contributed by atoms with van der Waals surface area (Å²) in [6, 6.07) is 59.4. The fourth-order valence-electron chi connectivity index (χ4n) is 25.0. The first-order valence-electron chi connectivity index (χ1n) is 33.6. The Bertz CT molecular complexity index is 3380. The van der Waals surface area contributed by atoms with Gasteiger partial charge in [0.1, 0.15) is 0 Å². The minimum Gasteiger partial charge on any atom is -0.399 e. The Hall–Kier alpha value is -4.70. The van der Waals surface area contributed by atoms with Crippen LogP contribution >= 0.6 is 0 Å². The van der Waals surface area contributed by atoms with Gasteiger partial charge in [-0.1, -0.05) is 153 Å². The highest BCUT2D eigenvalue weighted by molar-refractivity contribution is 6.62. The van der Waals surface area contributed by atoms with Crippen LogP contribution in [-0.2, 0) is 36.4 Å². The lowest BCUT2D eigenvalue weighted by molar-refractivity contribution is -0.221. The molecule has 0 atom stereocenters. The average Bonchev–Trinajstić information content (AvgIpc) is 1.29. The summed E-state index contributed by atoms with van der Waals surface area (Å²) in [4.78, 5) is 0. The SMILES string of the molecule is CC12CCC(c3ccc(-c4ccc(-c5ccc(C67CC8C9CC%10(c%11ccc(-c%12ccc(C%13%14CC%15C%16CC%17(c%18ccc(B%19OC(C)(C)C(C)(C)O%19)cc%18)CC%15C(C%13)C(C%17)C%16C%14)cc%12)cc%11)CC8C(C6)C(C%10)C9C7)cc5)cc4)cc3)(CC1)CC2. The number of benzene rings is 6. The summed E-state index contributed by atoms with van der Waals surface area (Å²) in [5.74, 6) is 11.1. The van der Waals surface area contributed by atoms with E-state index in [0.29, 0.717) is 32.5 Å². The Morgan fingerprint density at radius 3 is 0.683 bits per heavy atom. The van der Waals surface area contributed by atoms with E-state index in [1.165, 1.54) is 154 Å². The Balaban J connectivity index is 0.503. The van der Waals surface area contributed by atoms with Gasteiger partial charge in [-0.15, -0.1) is 0 Å².